The maximum absolute atomic E-state index is 14.0. The van der Waals surface area contributed by atoms with Gasteiger partial charge in [0.25, 0.3) is 0 Å². The van der Waals surface area contributed by atoms with Crippen LogP contribution in [0, 0.1) is 26.6 Å². The summed E-state index contributed by atoms with van der Waals surface area (Å²) in [5, 5.41) is 0. The van der Waals surface area contributed by atoms with Crippen LogP contribution in [0.2, 0.25) is 0 Å². The van der Waals surface area contributed by atoms with Crippen molar-refractivity contribution in [2.45, 2.75) is 20.8 Å². The molecule has 1 aromatic heterocycles. The third-order valence-corrected chi connectivity index (χ3v) is 3.13. The van der Waals surface area contributed by atoms with Gasteiger partial charge >= 0.3 is 0 Å². The molecule has 20 heavy (non-hydrogen) atoms. The van der Waals surface area contributed by atoms with E-state index in [1.54, 1.807) is 25.1 Å². The number of halogens is 1. The van der Waals surface area contributed by atoms with Crippen LogP contribution in [0.4, 0.5) is 4.39 Å². The van der Waals surface area contributed by atoms with E-state index in [4.69, 9.17) is 22.7 Å². The molecule has 0 bridgehead atoms. The SMILES string of the molecule is Cc1cc(C)c(C(N)=S)c(Oc2cccc(C)c2F)n1. The fraction of sp³-hybridized carbons (Fsp3) is 0.200. The Morgan fingerprint density at radius 1 is 1.25 bits per heavy atom. The molecule has 0 saturated heterocycles. The molecule has 0 amide bonds. The predicted octanol–water partition coefficient (Wildman–Crippen LogP) is 3.57. The number of nitrogens with zero attached hydrogens (tertiary/aromatic N) is 1. The summed E-state index contributed by atoms with van der Waals surface area (Å²) in [6, 6.07) is 6.79. The van der Waals surface area contributed by atoms with Crippen LogP contribution in [-0.4, -0.2) is 9.97 Å². The van der Waals surface area contributed by atoms with Gasteiger partial charge in [-0.05, 0) is 44.0 Å². The molecule has 0 unspecified atom stereocenters. The molecular weight excluding hydrogens is 275 g/mol. The molecule has 0 spiro atoms. The molecule has 3 nitrogen and oxygen atoms in total. The second-order valence-electron chi connectivity index (χ2n) is 4.61. The Bertz CT molecular complexity index is 686. The van der Waals surface area contributed by atoms with Crippen molar-refractivity contribution in [3.8, 4) is 11.6 Å². The Morgan fingerprint density at radius 3 is 2.60 bits per heavy atom. The normalized spacial score (nSPS) is 10.4. The maximum atomic E-state index is 14.0. The summed E-state index contributed by atoms with van der Waals surface area (Å²) < 4.78 is 19.6. The van der Waals surface area contributed by atoms with Gasteiger partial charge in [-0.25, -0.2) is 9.37 Å². The largest absolute Gasteiger partial charge is 0.435 e. The average Bonchev–Trinajstić information content (AvgIpc) is 2.33. The van der Waals surface area contributed by atoms with E-state index in [0.29, 0.717) is 11.1 Å². The summed E-state index contributed by atoms with van der Waals surface area (Å²) in [6.07, 6.45) is 0. The summed E-state index contributed by atoms with van der Waals surface area (Å²) >= 11 is 5.02. The molecule has 0 fully saturated rings. The molecular formula is C15H15FN2OS. The molecule has 0 atom stereocenters. The molecule has 104 valence electrons. The minimum absolute atomic E-state index is 0.111. The van der Waals surface area contributed by atoms with Crippen molar-refractivity contribution >= 4 is 17.2 Å². The van der Waals surface area contributed by atoms with Crippen LogP contribution in [-0.2, 0) is 0 Å². The fourth-order valence-corrected chi connectivity index (χ4v) is 2.23. The number of nitrogens with two attached hydrogens (primary N) is 1. The smallest absolute Gasteiger partial charge is 0.230 e. The second kappa shape index (κ2) is 5.54. The number of hydrogen-bond acceptors (Lipinski definition) is 3. The second-order valence-corrected chi connectivity index (χ2v) is 5.05. The molecule has 5 heteroatoms. The number of thiocarbonyl (C=S) groups is 1. The summed E-state index contributed by atoms with van der Waals surface area (Å²) in [7, 11) is 0. The molecule has 2 rings (SSSR count). The fourth-order valence-electron chi connectivity index (χ4n) is 1.98. The Balaban J connectivity index is 2.53. The molecule has 1 heterocycles. The zero-order chi connectivity index (χ0) is 14.9. The standard InChI is InChI=1S/C15H15FN2OS/c1-8-5-4-6-11(13(8)16)19-15-12(14(17)20)9(2)7-10(3)18-15/h4-7H,1-3H3,(H2,17,20). The van der Waals surface area contributed by atoms with Crippen LogP contribution in [0.5, 0.6) is 11.6 Å². The van der Waals surface area contributed by atoms with Gasteiger partial charge in [0.05, 0.1) is 5.56 Å². The lowest BCUT2D eigenvalue weighted by atomic mass is 10.1. The molecule has 1 aromatic carbocycles. The number of aromatic nitrogens is 1. The molecule has 2 aromatic rings. The van der Waals surface area contributed by atoms with Crippen molar-refractivity contribution in [1.29, 1.82) is 0 Å². The number of benzene rings is 1. The van der Waals surface area contributed by atoms with Crippen molar-refractivity contribution in [3.05, 3.63) is 52.5 Å². The van der Waals surface area contributed by atoms with E-state index in [2.05, 4.69) is 4.98 Å². The molecule has 0 aliphatic rings. The molecule has 0 aliphatic carbocycles. The lowest BCUT2D eigenvalue weighted by Crippen LogP contribution is -2.14. The van der Waals surface area contributed by atoms with Crippen LogP contribution >= 0.6 is 12.2 Å². The first-order valence-electron chi connectivity index (χ1n) is 6.11. The van der Waals surface area contributed by atoms with E-state index in [1.807, 2.05) is 19.9 Å². The number of ether oxygens (including phenoxy) is 1. The molecule has 0 radical (unpaired) electrons. The van der Waals surface area contributed by atoms with Crippen molar-refractivity contribution in [3.63, 3.8) is 0 Å². The average molecular weight is 290 g/mol. The lowest BCUT2D eigenvalue weighted by molar-refractivity contribution is 0.423. The van der Waals surface area contributed by atoms with Crippen molar-refractivity contribution in [2.75, 3.05) is 0 Å². The maximum Gasteiger partial charge on any atom is 0.230 e. The highest BCUT2D eigenvalue weighted by Crippen LogP contribution is 2.29. The van der Waals surface area contributed by atoms with Crippen molar-refractivity contribution in [1.82, 2.24) is 4.98 Å². The molecule has 0 saturated carbocycles. The first-order valence-corrected chi connectivity index (χ1v) is 6.52. The van der Waals surface area contributed by atoms with Crippen LogP contribution in [0.1, 0.15) is 22.4 Å². The van der Waals surface area contributed by atoms with E-state index in [0.717, 1.165) is 11.3 Å². The van der Waals surface area contributed by atoms with Gasteiger partial charge in [-0.1, -0.05) is 24.4 Å². The summed E-state index contributed by atoms with van der Waals surface area (Å²) in [6.45, 7) is 5.37. The van der Waals surface area contributed by atoms with Gasteiger partial charge in [-0.3, -0.25) is 0 Å². The van der Waals surface area contributed by atoms with Gasteiger partial charge in [0.1, 0.15) is 4.99 Å². The number of pyridine rings is 1. The quantitative estimate of drug-likeness (QED) is 0.878. The van der Waals surface area contributed by atoms with Gasteiger partial charge in [0, 0.05) is 5.69 Å². The monoisotopic (exact) mass is 290 g/mol. The van der Waals surface area contributed by atoms with E-state index >= 15 is 0 Å². The third-order valence-electron chi connectivity index (χ3n) is 2.92. The Hall–Kier alpha value is -2.01. The van der Waals surface area contributed by atoms with Crippen LogP contribution in [0.15, 0.2) is 24.3 Å². The van der Waals surface area contributed by atoms with Gasteiger partial charge in [0.2, 0.25) is 5.88 Å². The Labute approximate surface area is 122 Å². The molecule has 0 aliphatic heterocycles. The summed E-state index contributed by atoms with van der Waals surface area (Å²) in [4.78, 5) is 4.44. The highest BCUT2D eigenvalue weighted by atomic mass is 32.1. The predicted molar refractivity (Wildman–Crippen MR) is 80.8 cm³/mol. The highest BCUT2D eigenvalue weighted by Gasteiger charge is 2.16. The van der Waals surface area contributed by atoms with Gasteiger partial charge in [-0.2, -0.15) is 0 Å². The van der Waals surface area contributed by atoms with E-state index in [9.17, 15) is 4.39 Å². The lowest BCUT2D eigenvalue weighted by Gasteiger charge is -2.13. The van der Waals surface area contributed by atoms with E-state index < -0.39 is 5.82 Å². The topological polar surface area (TPSA) is 48.1 Å². The number of rotatable bonds is 3. The van der Waals surface area contributed by atoms with E-state index in [1.165, 1.54) is 0 Å². The zero-order valence-electron chi connectivity index (χ0n) is 11.5. The van der Waals surface area contributed by atoms with Crippen molar-refractivity contribution in [2.24, 2.45) is 5.73 Å². The van der Waals surface area contributed by atoms with E-state index in [-0.39, 0.29) is 16.6 Å². The first-order chi connectivity index (χ1) is 9.40. The number of aryl methyl sites for hydroxylation is 3. The first kappa shape index (κ1) is 14.4. The third kappa shape index (κ3) is 2.77. The van der Waals surface area contributed by atoms with Gasteiger partial charge < -0.3 is 10.5 Å². The Morgan fingerprint density at radius 2 is 1.95 bits per heavy atom. The minimum atomic E-state index is -0.414. The van der Waals surface area contributed by atoms with Crippen molar-refractivity contribution < 1.29 is 9.13 Å². The number of hydrogen-bond donors (Lipinski definition) is 1. The summed E-state index contributed by atoms with van der Waals surface area (Å²) in [5.41, 5.74) is 8.35. The Kier molecular flexibility index (Phi) is 3.99. The summed E-state index contributed by atoms with van der Waals surface area (Å²) in [5.74, 6) is -0.0677. The van der Waals surface area contributed by atoms with Crippen LogP contribution in [0.3, 0.4) is 0 Å². The zero-order valence-corrected chi connectivity index (χ0v) is 12.3. The molecule has 2 N–H and O–H groups in total. The minimum Gasteiger partial charge on any atom is -0.435 e. The van der Waals surface area contributed by atoms with Crippen LogP contribution < -0.4 is 10.5 Å². The van der Waals surface area contributed by atoms with Gasteiger partial charge in [-0.15, -0.1) is 0 Å². The van der Waals surface area contributed by atoms with Crippen LogP contribution in [0.25, 0.3) is 0 Å². The van der Waals surface area contributed by atoms with Gasteiger partial charge in [0.15, 0.2) is 11.6 Å². The highest BCUT2D eigenvalue weighted by molar-refractivity contribution is 7.80.